The first-order valence-corrected chi connectivity index (χ1v) is 4.82. The van der Waals surface area contributed by atoms with E-state index in [4.69, 9.17) is 4.74 Å². The first kappa shape index (κ1) is 10.8. The van der Waals surface area contributed by atoms with Crippen LogP contribution < -0.4 is 4.74 Å². The van der Waals surface area contributed by atoms with E-state index < -0.39 is 0 Å². The van der Waals surface area contributed by atoms with Gasteiger partial charge in [0, 0.05) is 6.42 Å². The minimum absolute atomic E-state index is 0.192. The Hall–Kier alpha value is -1.31. The lowest BCUT2D eigenvalue weighted by molar-refractivity contribution is -0.116. The van der Waals surface area contributed by atoms with Gasteiger partial charge in [0.15, 0.2) is 0 Å². The SMILES string of the molecule is CCc1cc(CC(C)=O)ccc1OC. The highest BCUT2D eigenvalue weighted by molar-refractivity contribution is 5.78. The number of hydrogen-bond donors (Lipinski definition) is 0. The van der Waals surface area contributed by atoms with Crippen molar-refractivity contribution in [3.8, 4) is 5.75 Å². The number of carbonyl (C=O) groups excluding carboxylic acids is 1. The second-order valence-corrected chi connectivity index (χ2v) is 3.38. The van der Waals surface area contributed by atoms with Gasteiger partial charge < -0.3 is 4.74 Å². The molecule has 1 aromatic carbocycles. The van der Waals surface area contributed by atoms with Gasteiger partial charge in [-0.05, 0) is 30.5 Å². The second kappa shape index (κ2) is 4.80. The molecule has 1 aromatic rings. The Morgan fingerprint density at radius 2 is 2.14 bits per heavy atom. The zero-order valence-electron chi connectivity index (χ0n) is 8.96. The molecular weight excluding hydrogens is 176 g/mol. The molecular formula is C12H16O2. The largest absolute Gasteiger partial charge is 0.496 e. The third-order valence-electron chi connectivity index (χ3n) is 2.18. The highest BCUT2D eigenvalue weighted by atomic mass is 16.5. The number of hydrogen-bond acceptors (Lipinski definition) is 2. The molecule has 76 valence electrons. The minimum Gasteiger partial charge on any atom is -0.496 e. The first-order chi connectivity index (χ1) is 6.67. The average molecular weight is 192 g/mol. The van der Waals surface area contributed by atoms with Gasteiger partial charge in [-0.15, -0.1) is 0 Å². The summed E-state index contributed by atoms with van der Waals surface area (Å²) in [6.07, 6.45) is 1.44. The van der Waals surface area contributed by atoms with E-state index in [-0.39, 0.29) is 5.78 Å². The molecule has 0 bridgehead atoms. The van der Waals surface area contributed by atoms with Crippen LogP contribution in [0.3, 0.4) is 0 Å². The van der Waals surface area contributed by atoms with Gasteiger partial charge in [-0.2, -0.15) is 0 Å². The van der Waals surface area contributed by atoms with E-state index in [9.17, 15) is 4.79 Å². The Balaban J connectivity index is 2.95. The van der Waals surface area contributed by atoms with Crippen LogP contribution in [0.4, 0.5) is 0 Å². The summed E-state index contributed by atoms with van der Waals surface area (Å²) in [5.74, 6) is 1.09. The van der Waals surface area contributed by atoms with Crippen molar-refractivity contribution in [1.82, 2.24) is 0 Å². The summed E-state index contributed by atoms with van der Waals surface area (Å²) in [7, 11) is 1.67. The number of benzene rings is 1. The smallest absolute Gasteiger partial charge is 0.134 e. The summed E-state index contributed by atoms with van der Waals surface area (Å²) in [6, 6.07) is 5.91. The van der Waals surface area contributed by atoms with Gasteiger partial charge in [-0.3, -0.25) is 4.79 Å². The van der Waals surface area contributed by atoms with Gasteiger partial charge >= 0.3 is 0 Å². The van der Waals surface area contributed by atoms with E-state index >= 15 is 0 Å². The van der Waals surface area contributed by atoms with E-state index in [1.165, 1.54) is 0 Å². The molecule has 1 rings (SSSR count). The molecule has 0 heterocycles. The van der Waals surface area contributed by atoms with Gasteiger partial charge in [-0.1, -0.05) is 19.1 Å². The predicted octanol–water partition coefficient (Wildman–Crippen LogP) is 2.39. The van der Waals surface area contributed by atoms with E-state index in [1.54, 1.807) is 14.0 Å². The van der Waals surface area contributed by atoms with E-state index in [1.807, 2.05) is 18.2 Å². The Labute approximate surface area is 84.9 Å². The molecule has 0 aliphatic heterocycles. The molecule has 2 heteroatoms. The Kier molecular flexibility index (Phi) is 3.69. The van der Waals surface area contributed by atoms with Gasteiger partial charge in [0.25, 0.3) is 0 Å². The third kappa shape index (κ3) is 2.59. The molecule has 0 fully saturated rings. The average Bonchev–Trinajstić information content (AvgIpc) is 2.16. The van der Waals surface area contributed by atoms with Crippen molar-refractivity contribution in [3.63, 3.8) is 0 Å². The highest BCUT2D eigenvalue weighted by Crippen LogP contribution is 2.20. The molecule has 0 saturated carbocycles. The quantitative estimate of drug-likeness (QED) is 0.732. The predicted molar refractivity (Wildman–Crippen MR) is 56.8 cm³/mol. The number of carbonyl (C=O) groups is 1. The maximum atomic E-state index is 10.9. The lowest BCUT2D eigenvalue weighted by Crippen LogP contribution is -1.98. The zero-order valence-corrected chi connectivity index (χ0v) is 8.96. The zero-order chi connectivity index (χ0) is 10.6. The van der Waals surface area contributed by atoms with Crippen LogP contribution in [0.1, 0.15) is 25.0 Å². The number of ketones is 1. The van der Waals surface area contributed by atoms with Crippen molar-refractivity contribution in [2.24, 2.45) is 0 Å². The minimum atomic E-state index is 0.192. The Morgan fingerprint density at radius 3 is 2.64 bits per heavy atom. The van der Waals surface area contributed by atoms with Crippen molar-refractivity contribution in [2.75, 3.05) is 7.11 Å². The summed E-state index contributed by atoms with van der Waals surface area (Å²) in [5, 5.41) is 0. The summed E-state index contributed by atoms with van der Waals surface area (Å²) in [5.41, 5.74) is 2.22. The Morgan fingerprint density at radius 1 is 1.43 bits per heavy atom. The van der Waals surface area contributed by atoms with Crippen LogP contribution in [-0.4, -0.2) is 12.9 Å². The summed E-state index contributed by atoms with van der Waals surface area (Å²) >= 11 is 0. The number of rotatable bonds is 4. The second-order valence-electron chi connectivity index (χ2n) is 3.38. The van der Waals surface area contributed by atoms with Crippen LogP contribution in [-0.2, 0) is 17.6 Å². The van der Waals surface area contributed by atoms with Crippen LogP contribution in [0.15, 0.2) is 18.2 Å². The molecule has 0 saturated heterocycles. The maximum absolute atomic E-state index is 10.9. The monoisotopic (exact) mass is 192 g/mol. The molecule has 0 radical (unpaired) electrons. The molecule has 0 spiro atoms. The Bertz CT molecular complexity index is 329. The van der Waals surface area contributed by atoms with E-state index in [0.29, 0.717) is 6.42 Å². The molecule has 0 unspecified atom stereocenters. The fraction of sp³-hybridized carbons (Fsp3) is 0.417. The van der Waals surface area contributed by atoms with Crippen molar-refractivity contribution < 1.29 is 9.53 Å². The summed E-state index contributed by atoms with van der Waals surface area (Å²) in [4.78, 5) is 10.9. The van der Waals surface area contributed by atoms with Crippen molar-refractivity contribution in [3.05, 3.63) is 29.3 Å². The molecule has 0 aliphatic carbocycles. The topological polar surface area (TPSA) is 26.3 Å². The van der Waals surface area contributed by atoms with Crippen LogP contribution >= 0.6 is 0 Å². The third-order valence-corrected chi connectivity index (χ3v) is 2.18. The van der Waals surface area contributed by atoms with Crippen LogP contribution in [0, 0.1) is 0 Å². The fourth-order valence-electron chi connectivity index (χ4n) is 1.51. The van der Waals surface area contributed by atoms with E-state index in [0.717, 1.165) is 23.3 Å². The maximum Gasteiger partial charge on any atom is 0.134 e. The summed E-state index contributed by atoms with van der Waals surface area (Å²) < 4.78 is 5.21. The normalized spacial score (nSPS) is 9.93. The number of ether oxygens (including phenoxy) is 1. The lowest BCUT2D eigenvalue weighted by atomic mass is 10.0. The van der Waals surface area contributed by atoms with Crippen LogP contribution in [0.2, 0.25) is 0 Å². The molecule has 14 heavy (non-hydrogen) atoms. The van der Waals surface area contributed by atoms with Crippen LogP contribution in [0.25, 0.3) is 0 Å². The molecule has 2 nitrogen and oxygen atoms in total. The van der Waals surface area contributed by atoms with Gasteiger partial charge in [0.2, 0.25) is 0 Å². The molecule has 0 amide bonds. The van der Waals surface area contributed by atoms with Gasteiger partial charge in [0.05, 0.1) is 7.11 Å². The number of aryl methyl sites for hydroxylation is 1. The standard InChI is InChI=1S/C12H16O2/c1-4-11-8-10(7-9(2)13)5-6-12(11)14-3/h5-6,8H,4,7H2,1-3H3. The lowest BCUT2D eigenvalue weighted by Gasteiger charge is -2.08. The molecule has 0 aliphatic rings. The van der Waals surface area contributed by atoms with Gasteiger partial charge in [-0.25, -0.2) is 0 Å². The van der Waals surface area contributed by atoms with Crippen molar-refractivity contribution in [2.45, 2.75) is 26.7 Å². The summed E-state index contributed by atoms with van der Waals surface area (Å²) in [6.45, 7) is 3.69. The highest BCUT2D eigenvalue weighted by Gasteiger charge is 2.03. The fourth-order valence-corrected chi connectivity index (χ4v) is 1.51. The van der Waals surface area contributed by atoms with E-state index in [2.05, 4.69) is 6.92 Å². The molecule has 0 N–H and O–H groups in total. The number of methoxy groups -OCH3 is 1. The van der Waals surface area contributed by atoms with Crippen LogP contribution in [0.5, 0.6) is 5.75 Å². The van der Waals surface area contributed by atoms with Crippen molar-refractivity contribution in [1.29, 1.82) is 0 Å². The molecule has 0 atom stereocenters. The van der Waals surface area contributed by atoms with Crippen molar-refractivity contribution >= 4 is 5.78 Å². The molecule has 0 aromatic heterocycles. The number of Topliss-reactive ketones (excluding diaryl/α,β-unsaturated/α-hetero) is 1. The first-order valence-electron chi connectivity index (χ1n) is 4.82. The van der Waals surface area contributed by atoms with Gasteiger partial charge in [0.1, 0.15) is 11.5 Å².